The molecule has 0 aromatic heterocycles. The Balaban J connectivity index is 1.99. The van der Waals surface area contributed by atoms with E-state index in [1.165, 1.54) is 0 Å². The second-order valence-corrected chi connectivity index (χ2v) is 2.87. The van der Waals surface area contributed by atoms with Gasteiger partial charge < -0.3 is 4.74 Å². The van der Waals surface area contributed by atoms with Gasteiger partial charge in [-0.15, -0.1) is 0 Å². The molecule has 1 N–H and O–H groups in total. The highest BCUT2D eigenvalue weighted by Gasteiger charge is 1.90. The maximum Gasteiger partial charge on any atom is 0.0933 e. The lowest BCUT2D eigenvalue weighted by Crippen LogP contribution is -2.19. The highest BCUT2D eigenvalue weighted by molar-refractivity contribution is 5.13. The van der Waals surface area contributed by atoms with Gasteiger partial charge in [-0.1, -0.05) is 30.3 Å². The van der Waals surface area contributed by atoms with Crippen molar-refractivity contribution in [1.29, 1.82) is 0 Å². The molecule has 0 heterocycles. The molecule has 0 amide bonds. The minimum absolute atomic E-state index is 0.590. The zero-order valence-electron chi connectivity index (χ0n) is 8.53. The lowest BCUT2D eigenvalue weighted by atomic mass is 10.2. The number of hydroxylamine groups is 1. The van der Waals surface area contributed by atoms with E-state index in [1.54, 1.807) is 0 Å². The standard InChI is InChI=1S/C11H17NO2/c1-2-13-9-8-12-14-10-11-6-4-3-5-7-11/h3-7,12H,2,8-10H2,1H3. The Morgan fingerprint density at radius 3 is 2.71 bits per heavy atom. The molecular weight excluding hydrogens is 178 g/mol. The summed E-state index contributed by atoms with van der Waals surface area (Å²) >= 11 is 0. The Morgan fingerprint density at radius 2 is 2.00 bits per heavy atom. The molecule has 0 bridgehead atoms. The van der Waals surface area contributed by atoms with Crippen LogP contribution >= 0.6 is 0 Å². The van der Waals surface area contributed by atoms with Gasteiger partial charge in [0.05, 0.1) is 13.2 Å². The summed E-state index contributed by atoms with van der Waals surface area (Å²) in [6.07, 6.45) is 0. The molecule has 14 heavy (non-hydrogen) atoms. The van der Waals surface area contributed by atoms with Gasteiger partial charge in [-0.25, -0.2) is 0 Å². The molecule has 0 aliphatic heterocycles. The van der Waals surface area contributed by atoms with Crippen molar-refractivity contribution >= 4 is 0 Å². The molecule has 1 rings (SSSR count). The first kappa shape index (κ1) is 11.2. The summed E-state index contributed by atoms with van der Waals surface area (Å²) in [4.78, 5) is 5.24. The molecule has 1 aromatic rings. The van der Waals surface area contributed by atoms with Crippen molar-refractivity contribution in [2.45, 2.75) is 13.5 Å². The molecular formula is C11H17NO2. The molecule has 0 atom stereocenters. The molecule has 3 nitrogen and oxygen atoms in total. The Labute approximate surface area is 85.0 Å². The summed E-state index contributed by atoms with van der Waals surface area (Å²) in [5.41, 5.74) is 4.01. The lowest BCUT2D eigenvalue weighted by molar-refractivity contribution is 0.0109. The van der Waals surface area contributed by atoms with E-state index in [9.17, 15) is 0 Å². The van der Waals surface area contributed by atoms with Crippen molar-refractivity contribution in [3.8, 4) is 0 Å². The second-order valence-electron chi connectivity index (χ2n) is 2.87. The van der Waals surface area contributed by atoms with Gasteiger partial charge >= 0.3 is 0 Å². The first-order chi connectivity index (χ1) is 6.93. The first-order valence-corrected chi connectivity index (χ1v) is 4.90. The van der Waals surface area contributed by atoms with Crippen LogP contribution in [0.1, 0.15) is 12.5 Å². The quantitative estimate of drug-likeness (QED) is 0.531. The molecule has 3 heteroatoms. The van der Waals surface area contributed by atoms with Gasteiger partial charge in [0.2, 0.25) is 0 Å². The van der Waals surface area contributed by atoms with Gasteiger partial charge in [-0.05, 0) is 12.5 Å². The monoisotopic (exact) mass is 195 g/mol. The molecule has 0 aliphatic carbocycles. The summed E-state index contributed by atoms with van der Waals surface area (Å²) in [6, 6.07) is 10.1. The number of hydrogen-bond acceptors (Lipinski definition) is 3. The van der Waals surface area contributed by atoms with E-state index in [-0.39, 0.29) is 0 Å². The molecule has 0 saturated heterocycles. The summed E-state index contributed by atoms with van der Waals surface area (Å²) in [6.45, 7) is 4.73. The first-order valence-electron chi connectivity index (χ1n) is 4.90. The van der Waals surface area contributed by atoms with Crippen molar-refractivity contribution < 1.29 is 9.57 Å². The van der Waals surface area contributed by atoms with Crippen LogP contribution in [0.15, 0.2) is 30.3 Å². The highest BCUT2D eigenvalue weighted by atomic mass is 16.6. The number of rotatable bonds is 7. The van der Waals surface area contributed by atoms with E-state index in [0.29, 0.717) is 13.2 Å². The molecule has 78 valence electrons. The van der Waals surface area contributed by atoms with Crippen LogP contribution in [0, 0.1) is 0 Å². The fourth-order valence-corrected chi connectivity index (χ4v) is 1.04. The zero-order chi connectivity index (χ0) is 10.1. The third kappa shape index (κ3) is 4.97. The Bertz CT molecular complexity index is 226. The van der Waals surface area contributed by atoms with Gasteiger partial charge in [0.25, 0.3) is 0 Å². The van der Waals surface area contributed by atoms with E-state index in [1.807, 2.05) is 37.3 Å². The number of hydrogen-bond donors (Lipinski definition) is 1. The smallest absolute Gasteiger partial charge is 0.0933 e. The normalized spacial score (nSPS) is 10.4. The molecule has 0 fully saturated rings. The molecule has 0 radical (unpaired) electrons. The van der Waals surface area contributed by atoms with E-state index in [2.05, 4.69) is 5.48 Å². The van der Waals surface area contributed by atoms with E-state index >= 15 is 0 Å². The zero-order valence-corrected chi connectivity index (χ0v) is 8.53. The van der Waals surface area contributed by atoms with Crippen molar-refractivity contribution in [2.75, 3.05) is 19.8 Å². The van der Waals surface area contributed by atoms with Gasteiger partial charge in [0.1, 0.15) is 0 Å². The maximum atomic E-state index is 5.24. The van der Waals surface area contributed by atoms with Crippen LogP contribution in [0.25, 0.3) is 0 Å². The maximum absolute atomic E-state index is 5.24. The summed E-state index contributed by atoms with van der Waals surface area (Å²) in [5, 5.41) is 0. The van der Waals surface area contributed by atoms with E-state index in [0.717, 1.165) is 18.7 Å². The number of ether oxygens (including phenoxy) is 1. The fourth-order valence-electron chi connectivity index (χ4n) is 1.04. The Kier molecular flexibility index (Phi) is 5.99. The summed E-state index contributed by atoms with van der Waals surface area (Å²) in [5.74, 6) is 0. The largest absolute Gasteiger partial charge is 0.380 e. The molecule has 0 saturated carbocycles. The predicted octanol–water partition coefficient (Wildman–Crippen LogP) is 1.74. The average molecular weight is 195 g/mol. The van der Waals surface area contributed by atoms with Crippen LogP contribution in [0.4, 0.5) is 0 Å². The SMILES string of the molecule is CCOCCNOCc1ccccc1. The van der Waals surface area contributed by atoms with Gasteiger partial charge in [-0.3, -0.25) is 4.84 Å². The average Bonchev–Trinajstić information content (AvgIpc) is 2.25. The molecule has 1 aromatic carbocycles. The summed E-state index contributed by atoms with van der Waals surface area (Å²) < 4.78 is 5.14. The van der Waals surface area contributed by atoms with Crippen LogP contribution < -0.4 is 5.48 Å². The third-order valence-electron chi connectivity index (χ3n) is 1.74. The molecule has 0 spiro atoms. The van der Waals surface area contributed by atoms with Crippen molar-refractivity contribution in [1.82, 2.24) is 5.48 Å². The lowest BCUT2D eigenvalue weighted by Gasteiger charge is -2.05. The highest BCUT2D eigenvalue weighted by Crippen LogP contribution is 1.98. The Morgan fingerprint density at radius 1 is 1.21 bits per heavy atom. The van der Waals surface area contributed by atoms with Crippen LogP contribution in [0.2, 0.25) is 0 Å². The van der Waals surface area contributed by atoms with E-state index < -0.39 is 0 Å². The van der Waals surface area contributed by atoms with Crippen LogP contribution in [0.5, 0.6) is 0 Å². The van der Waals surface area contributed by atoms with Crippen LogP contribution in [-0.2, 0) is 16.2 Å². The van der Waals surface area contributed by atoms with Crippen LogP contribution in [0.3, 0.4) is 0 Å². The van der Waals surface area contributed by atoms with Crippen molar-refractivity contribution in [3.05, 3.63) is 35.9 Å². The Hall–Kier alpha value is -0.900. The number of benzene rings is 1. The number of nitrogens with one attached hydrogen (secondary N) is 1. The predicted molar refractivity (Wildman–Crippen MR) is 55.7 cm³/mol. The van der Waals surface area contributed by atoms with Gasteiger partial charge in [0.15, 0.2) is 0 Å². The minimum atomic E-state index is 0.590. The third-order valence-corrected chi connectivity index (χ3v) is 1.74. The molecule has 0 aliphatic rings. The minimum Gasteiger partial charge on any atom is -0.380 e. The summed E-state index contributed by atoms with van der Waals surface area (Å²) in [7, 11) is 0. The van der Waals surface area contributed by atoms with Gasteiger partial charge in [0, 0.05) is 13.2 Å². The van der Waals surface area contributed by atoms with Gasteiger partial charge in [-0.2, -0.15) is 5.48 Å². The van der Waals surface area contributed by atoms with Crippen molar-refractivity contribution in [3.63, 3.8) is 0 Å². The molecule has 0 unspecified atom stereocenters. The van der Waals surface area contributed by atoms with E-state index in [4.69, 9.17) is 9.57 Å². The topological polar surface area (TPSA) is 30.5 Å². The van der Waals surface area contributed by atoms with Crippen LogP contribution in [-0.4, -0.2) is 19.8 Å². The van der Waals surface area contributed by atoms with Crippen molar-refractivity contribution in [2.24, 2.45) is 0 Å². The fraction of sp³-hybridized carbons (Fsp3) is 0.455. The second kappa shape index (κ2) is 7.50.